The minimum absolute atomic E-state index is 0.0650. The molecule has 2 aliphatic rings. The van der Waals surface area contributed by atoms with E-state index in [1.807, 2.05) is 4.90 Å². The van der Waals surface area contributed by atoms with Gasteiger partial charge in [0.2, 0.25) is 11.8 Å². The van der Waals surface area contributed by atoms with Gasteiger partial charge in [-0.15, -0.1) is 0 Å². The number of carbonyl (C=O) groups is 3. The molecular formula is C19H25N3O3. The van der Waals surface area contributed by atoms with Crippen LogP contribution in [0.15, 0.2) is 24.3 Å². The standard InChI is InChI=1S/C19H25N3O3/c20-18(24)15-9-5-6-10-16(15)21-19(25)13-11-17(23)22(12-13)14-7-3-1-2-4-8-14/h5-6,9-10,13-14H,1-4,7-8,11-12H2,(H2,20,24)(H,21,25). The third kappa shape index (κ3) is 4.00. The molecule has 1 heterocycles. The second-order valence-corrected chi connectivity index (χ2v) is 6.99. The van der Waals surface area contributed by atoms with Crippen LogP contribution in [0, 0.1) is 5.92 Å². The van der Waals surface area contributed by atoms with Gasteiger partial charge in [0.1, 0.15) is 0 Å². The van der Waals surface area contributed by atoms with Crippen LogP contribution in [-0.4, -0.2) is 35.2 Å². The number of benzene rings is 1. The van der Waals surface area contributed by atoms with Gasteiger partial charge in [0.05, 0.1) is 17.2 Å². The predicted octanol–water partition coefficient (Wildman–Crippen LogP) is 2.30. The van der Waals surface area contributed by atoms with E-state index in [4.69, 9.17) is 5.73 Å². The van der Waals surface area contributed by atoms with E-state index < -0.39 is 5.91 Å². The summed E-state index contributed by atoms with van der Waals surface area (Å²) in [4.78, 5) is 38.4. The summed E-state index contributed by atoms with van der Waals surface area (Å²) in [6, 6.07) is 6.93. The number of hydrogen-bond donors (Lipinski definition) is 2. The van der Waals surface area contributed by atoms with Gasteiger partial charge < -0.3 is 16.0 Å². The third-order valence-electron chi connectivity index (χ3n) is 5.25. The topological polar surface area (TPSA) is 92.5 Å². The molecular weight excluding hydrogens is 318 g/mol. The number of hydrogen-bond acceptors (Lipinski definition) is 3. The molecule has 3 rings (SSSR count). The fourth-order valence-electron chi connectivity index (χ4n) is 3.87. The molecule has 0 radical (unpaired) electrons. The van der Waals surface area contributed by atoms with E-state index >= 15 is 0 Å². The summed E-state index contributed by atoms with van der Waals surface area (Å²) >= 11 is 0. The van der Waals surface area contributed by atoms with Crippen LogP contribution in [-0.2, 0) is 9.59 Å². The molecule has 1 saturated heterocycles. The molecule has 1 aromatic rings. The summed E-state index contributed by atoms with van der Waals surface area (Å²) in [5.74, 6) is -1.12. The Labute approximate surface area is 147 Å². The quantitative estimate of drug-likeness (QED) is 0.822. The summed E-state index contributed by atoms with van der Waals surface area (Å²) in [6.07, 6.45) is 7.06. The molecule has 2 fully saturated rings. The Morgan fingerprint density at radius 1 is 1.08 bits per heavy atom. The average molecular weight is 343 g/mol. The lowest BCUT2D eigenvalue weighted by Gasteiger charge is -2.27. The molecule has 3 amide bonds. The highest BCUT2D eigenvalue weighted by Gasteiger charge is 2.38. The molecule has 134 valence electrons. The Morgan fingerprint density at radius 3 is 2.44 bits per heavy atom. The molecule has 3 N–H and O–H groups in total. The lowest BCUT2D eigenvalue weighted by molar-refractivity contribution is -0.130. The Hall–Kier alpha value is -2.37. The van der Waals surface area contributed by atoms with E-state index in [2.05, 4.69) is 5.32 Å². The van der Waals surface area contributed by atoms with E-state index in [1.54, 1.807) is 24.3 Å². The van der Waals surface area contributed by atoms with Gasteiger partial charge in [0, 0.05) is 19.0 Å². The highest BCUT2D eigenvalue weighted by molar-refractivity contribution is 6.04. The number of para-hydroxylation sites is 1. The van der Waals surface area contributed by atoms with E-state index in [0.29, 0.717) is 12.2 Å². The number of nitrogens with two attached hydrogens (primary N) is 1. The summed E-state index contributed by atoms with van der Waals surface area (Å²) in [5.41, 5.74) is 6.03. The molecule has 6 heteroatoms. The van der Waals surface area contributed by atoms with Crippen molar-refractivity contribution in [1.82, 2.24) is 4.90 Å². The number of amides is 3. The molecule has 1 aliphatic heterocycles. The zero-order valence-electron chi connectivity index (χ0n) is 14.4. The number of nitrogens with zero attached hydrogens (tertiary/aromatic N) is 1. The Bertz CT molecular complexity index is 666. The fraction of sp³-hybridized carbons (Fsp3) is 0.526. The number of primary amides is 1. The molecule has 1 aromatic carbocycles. The van der Waals surface area contributed by atoms with Crippen molar-refractivity contribution >= 4 is 23.4 Å². The fourth-order valence-corrected chi connectivity index (χ4v) is 3.87. The maximum absolute atomic E-state index is 12.6. The number of nitrogens with one attached hydrogen (secondary N) is 1. The van der Waals surface area contributed by atoms with Crippen LogP contribution in [0.1, 0.15) is 55.3 Å². The zero-order valence-corrected chi connectivity index (χ0v) is 14.4. The van der Waals surface area contributed by atoms with Crippen molar-refractivity contribution in [2.75, 3.05) is 11.9 Å². The van der Waals surface area contributed by atoms with Gasteiger partial charge in [-0.1, -0.05) is 37.8 Å². The number of carbonyl (C=O) groups excluding carboxylic acids is 3. The van der Waals surface area contributed by atoms with Gasteiger partial charge in [-0.2, -0.15) is 0 Å². The summed E-state index contributed by atoms with van der Waals surface area (Å²) in [7, 11) is 0. The lowest BCUT2D eigenvalue weighted by Crippen LogP contribution is -2.37. The second-order valence-electron chi connectivity index (χ2n) is 6.99. The van der Waals surface area contributed by atoms with Gasteiger partial charge in [-0.25, -0.2) is 0 Å². The van der Waals surface area contributed by atoms with Crippen LogP contribution in [0.4, 0.5) is 5.69 Å². The van der Waals surface area contributed by atoms with Gasteiger partial charge in [-0.05, 0) is 25.0 Å². The van der Waals surface area contributed by atoms with E-state index in [1.165, 1.54) is 12.8 Å². The van der Waals surface area contributed by atoms with E-state index in [0.717, 1.165) is 25.7 Å². The zero-order chi connectivity index (χ0) is 17.8. The first-order valence-corrected chi connectivity index (χ1v) is 9.05. The van der Waals surface area contributed by atoms with Crippen molar-refractivity contribution in [3.63, 3.8) is 0 Å². The third-order valence-corrected chi connectivity index (χ3v) is 5.25. The molecule has 0 spiro atoms. The molecule has 1 atom stereocenters. The maximum Gasteiger partial charge on any atom is 0.250 e. The van der Waals surface area contributed by atoms with Crippen molar-refractivity contribution in [2.45, 2.75) is 51.0 Å². The number of anilines is 1. The highest BCUT2D eigenvalue weighted by atomic mass is 16.2. The first kappa shape index (κ1) is 17.5. The smallest absolute Gasteiger partial charge is 0.250 e. The van der Waals surface area contributed by atoms with Crippen LogP contribution in [0.25, 0.3) is 0 Å². The minimum atomic E-state index is -0.585. The van der Waals surface area contributed by atoms with Crippen LogP contribution < -0.4 is 11.1 Å². The van der Waals surface area contributed by atoms with Gasteiger partial charge in [-0.3, -0.25) is 14.4 Å². The largest absolute Gasteiger partial charge is 0.366 e. The van der Waals surface area contributed by atoms with Crippen molar-refractivity contribution in [3.05, 3.63) is 29.8 Å². The average Bonchev–Trinajstić information content (AvgIpc) is 2.81. The van der Waals surface area contributed by atoms with Crippen LogP contribution in [0.3, 0.4) is 0 Å². The maximum atomic E-state index is 12.6. The molecule has 1 aliphatic carbocycles. The molecule has 1 saturated carbocycles. The summed E-state index contributed by atoms with van der Waals surface area (Å²) in [5, 5.41) is 2.77. The molecule has 1 unspecified atom stereocenters. The van der Waals surface area contributed by atoms with Crippen LogP contribution >= 0.6 is 0 Å². The van der Waals surface area contributed by atoms with Gasteiger partial charge in [0.25, 0.3) is 5.91 Å². The predicted molar refractivity (Wildman–Crippen MR) is 94.9 cm³/mol. The molecule has 0 aromatic heterocycles. The van der Waals surface area contributed by atoms with Gasteiger partial charge in [0.15, 0.2) is 0 Å². The summed E-state index contributed by atoms with van der Waals surface area (Å²) < 4.78 is 0. The summed E-state index contributed by atoms with van der Waals surface area (Å²) in [6.45, 7) is 0.466. The van der Waals surface area contributed by atoms with Crippen LogP contribution in [0.5, 0.6) is 0 Å². The second kappa shape index (κ2) is 7.68. The molecule has 6 nitrogen and oxygen atoms in total. The van der Waals surface area contributed by atoms with E-state index in [9.17, 15) is 14.4 Å². The van der Waals surface area contributed by atoms with E-state index in [-0.39, 0.29) is 35.8 Å². The highest BCUT2D eigenvalue weighted by Crippen LogP contribution is 2.29. The molecule has 25 heavy (non-hydrogen) atoms. The SMILES string of the molecule is NC(=O)c1ccccc1NC(=O)C1CC(=O)N(C2CCCCCC2)C1. The monoisotopic (exact) mass is 343 g/mol. The lowest BCUT2D eigenvalue weighted by atomic mass is 10.1. The molecule has 0 bridgehead atoms. The normalized spacial score (nSPS) is 21.8. The first-order valence-electron chi connectivity index (χ1n) is 9.05. The first-order chi connectivity index (χ1) is 12.1. The number of rotatable bonds is 4. The van der Waals surface area contributed by atoms with Crippen molar-refractivity contribution in [1.29, 1.82) is 0 Å². The van der Waals surface area contributed by atoms with Crippen molar-refractivity contribution in [3.8, 4) is 0 Å². The number of likely N-dealkylation sites (tertiary alicyclic amines) is 1. The van der Waals surface area contributed by atoms with Crippen molar-refractivity contribution in [2.24, 2.45) is 11.7 Å². The van der Waals surface area contributed by atoms with Crippen LogP contribution in [0.2, 0.25) is 0 Å². The minimum Gasteiger partial charge on any atom is -0.366 e. The van der Waals surface area contributed by atoms with Gasteiger partial charge >= 0.3 is 0 Å². The Kier molecular flexibility index (Phi) is 5.36. The Balaban J connectivity index is 1.66. The Morgan fingerprint density at radius 2 is 1.76 bits per heavy atom. The van der Waals surface area contributed by atoms with Crippen molar-refractivity contribution < 1.29 is 14.4 Å².